The largest absolute Gasteiger partial charge is 0.391 e. The van der Waals surface area contributed by atoms with Gasteiger partial charge in [-0.2, -0.15) is 5.26 Å². The van der Waals surface area contributed by atoms with Crippen molar-refractivity contribution in [3.8, 4) is 6.07 Å². The van der Waals surface area contributed by atoms with Gasteiger partial charge in [0.05, 0.1) is 29.8 Å². The predicted octanol–water partition coefficient (Wildman–Crippen LogP) is 3.46. The predicted molar refractivity (Wildman–Crippen MR) is 112 cm³/mol. The first kappa shape index (κ1) is 19.4. The van der Waals surface area contributed by atoms with Crippen LogP contribution in [-0.2, 0) is 13.1 Å². The summed E-state index contributed by atoms with van der Waals surface area (Å²) in [5, 5.41) is 19.7. The Morgan fingerprint density at radius 1 is 1.17 bits per heavy atom. The second-order valence-corrected chi connectivity index (χ2v) is 7.93. The first-order valence-electron chi connectivity index (χ1n) is 10.1. The number of aromatic nitrogens is 2. The molecule has 148 valence electrons. The minimum Gasteiger partial charge on any atom is -0.391 e. The molecule has 0 unspecified atom stereocenters. The number of hydrogen-bond acceptors (Lipinski definition) is 4. The average molecular weight is 386 g/mol. The molecule has 0 spiro atoms. The number of likely N-dealkylation sites (tertiary alicyclic amines) is 1. The molecule has 1 N–H and O–H groups in total. The smallest absolute Gasteiger partial charge is 0.0991 e. The SMILES string of the molecule is Cc1cccc([C@H]2CCN(Cc3cncn3Cc3ccc(C#N)cc3)C[C@@H]2O)c1. The molecule has 2 aromatic carbocycles. The monoisotopic (exact) mass is 386 g/mol. The number of nitriles is 1. The molecule has 1 aliphatic heterocycles. The Balaban J connectivity index is 1.39. The lowest BCUT2D eigenvalue weighted by molar-refractivity contribution is 0.0466. The van der Waals surface area contributed by atoms with E-state index in [1.54, 1.807) is 0 Å². The van der Waals surface area contributed by atoms with Crippen LogP contribution in [0.1, 0.15) is 40.3 Å². The number of piperidine rings is 1. The zero-order valence-electron chi connectivity index (χ0n) is 16.7. The molecule has 1 aliphatic rings. The molecular weight excluding hydrogens is 360 g/mol. The van der Waals surface area contributed by atoms with Gasteiger partial charge in [-0.25, -0.2) is 4.98 Å². The molecule has 0 saturated carbocycles. The number of aliphatic hydroxyl groups excluding tert-OH is 1. The third-order valence-electron chi connectivity index (χ3n) is 5.76. The lowest BCUT2D eigenvalue weighted by Crippen LogP contribution is -2.42. The third-order valence-corrected chi connectivity index (χ3v) is 5.76. The maximum atomic E-state index is 10.8. The minimum atomic E-state index is -0.361. The number of benzene rings is 2. The topological polar surface area (TPSA) is 65.1 Å². The van der Waals surface area contributed by atoms with Crippen LogP contribution in [0.3, 0.4) is 0 Å². The molecule has 29 heavy (non-hydrogen) atoms. The van der Waals surface area contributed by atoms with Gasteiger partial charge in [-0.3, -0.25) is 4.90 Å². The molecule has 2 heterocycles. The summed E-state index contributed by atoms with van der Waals surface area (Å²) in [6, 6.07) is 18.3. The Bertz CT molecular complexity index is 1000. The maximum absolute atomic E-state index is 10.8. The average Bonchev–Trinajstić information content (AvgIpc) is 3.15. The van der Waals surface area contributed by atoms with E-state index in [0.717, 1.165) is 37.3 Å². The number of nitrogens with zero attached hydrogens (tertiary/aromatic N) is 4. The molecule has 0 aliphatic carbocycles. The van der Waals surface area contributed by atoms with Crippen LogP contribution < -0.4 is 0 Å². The van der Waals surface area contributed by atoms with E-state index < -0.39 is 0 Å². The van der Waals surface area contributed by atoms with Gasteiger partial charge in [0.1, 0.15) is 0 Å². The molecule has 1 fully saturated rings. The molecule has 0 radical (unpaired) electrons. The Hall–Kier alpha value is -2.94. The summed E-state index contributed by atoms with van der Waals surface area (Å²) in [4.78, 5) is 6.64. The Morgan fingerprint density at radius 3 is 2.72 bits per heavy atom. The summed E-state index contributed by atoms with van der Waals surface area (Å²) >= 11 is 0. The van der Waals surface area contributed by atoms with E-state index in [-0.39, 0.29) is 12.0 Å². The van der Waals surface area contributed by atoms with E-state index in [1.807, 2.05) is 36.8 Å². The lowest BCUT2D eigenvalue weighted by atomic mass is 9.86. The lowest BCUT2D eigenvalue weighted by Gasteiger charge is -2.36. The standard InChI is InChI=1S/C24H26N4O/c1-18-3-2-4-21(11-18)23-9-10-27(16-24(23)29)15-22-13-26-17-28(22)14-20-7-5-19(12-25)6-8-20/h2-8,11,13,17,23-24,29H,9-10,14-16H2,1H3/t23-,24+/m1/s1. The fraction of sp³-hybridized carbons (Fsp3) is 0.333. The van der Waals surface area contributed by atoms with Crippen LogP contribution in [-0.4, -0.2) is 38.8 Å². The van der Waals surface area contributed by atoms with Crippen LogP contribution in [0, 0.1) is 18.3 Å². The number of imidazole rings is 1. The van der Waals surface area contributed by atoms with Crippen LogP contribution in [0.2, 0.25) is 0 Å². The minimum absolute atomic E-state index is 0.203. The molecule has 2 atom stereocenters. The van der Waals surface area contributed by atoms with Crippen molar-refractivity contribution in [2.75, 3.05) is 13.1 Å². The van der Waals surface area contributed by atoms with E-state index in [4.69, 9.17) is 5.26 Å². The van der Waals surface area contributed by atoms with Crippen LogP contribution in [0.15, 0.2) is 61.1 Å². The van der Waals surface area contributed by atoms with E-state index in [1.165, 1.54) is 11.1 Å². The second kappa shape index (κ2) is 8.60. The van der Waals surface area contributed by atoms with E-state index in [2.05, 4.69) is 51.7 Å². The number of aliphatic hydroxyl groups is 1. The Kier molecular flexibility index (Phi) is 5.75. The molecule has 1 saturated heterocycles. The zero-order valence-corrected chi connectivity index (χ0v) is 16.7. The summed E-state index contributed by atoms with van der Waals surface area (Å²) in [5.74, 6) is 0.203. The van der Waals surface area contributed by atoms with Crippen LogP contribution in [0.4, 0.5) is 0 Å². The van der Waals surface area contributed by atoms with Crippen molar-refractivity contribution in [2.45, 2.75) is 38.5 Å². The number of hydrogen-bond donors (Lipinski definition) is 1. The zero-order chi connectivity index (χ0) is 20.2. The van der Waals surface area contributed by atoms with Crippen molar-refractivity contribution in [1.29, 1.82) is 5.26 Å². The molecular formula is C24H26N4O. The normalized spacial score (nSPS) is 19.8. The third kappa shape index (κ3) is 4.56. The fourth-order valence-corrected chi connectivity index (χ4v) is 4.16. The summed E-state index contributed by atoms with van der Waals surface area (Å²) in [7, 11) is 0. The Labute approximate surface area is 171 Å². The summed E-state index contributed by atoms with van der Waals surface area (Å²) in [5.41, 5.74) is 5.42. The van der Waals surface area contributed by atoms with Gasteiger partial charge in [0.25, 0.3) is 0 Å². The van der Waals surface area contributed by atoms with E-state index in [0.29, 0.717) is 12.1 Å². The van der Waals surface area contributed by atoms with Gasteiger partial charge in [-0.1, -0.05) is 42.0 Å². The van der Waals surface area contributed by atoms with Crippen molar-refractivity contribution < 1.29 is 5.11 Å². The summed E-state index contributed by atoms with van der Waals surface area (Å²) < 4.78 is 2.14. The van der Waals surface area contributed by atoms with Crippen molar-refractivity contribution >= 4 is 0 Å². The highest BCUT2D eigenvalue weighted by Gasteiger charge is 2.29. The first-order valence-corrected chi connectivity index (χ1v) is 10.1. The van der Waals surface area contributed by atoms with Gasteiger partial charge in [0.15, 0.2) is 0 Å². The van der Waals surface area contributed by atoms with Crippen LogP contribution in [0.5, 0.6) is 0 Å². The summed E-state index contributed by atoms with van der Waals surface area (Å²) in [6.45, 7) is 5.22. The van der Waals surface area contributed by atoms with E-state index in [9.17, 15) is 5.11 Å². The second-order valence-electron chi connectivity index (χ2n) is 7.93. The summed E-state index contributed by atoms with van der Waals surface area (Å²) in [6.07, 6.45) is 4.35. The molecule has 5 heteroatoms. The van der Waals surface area contributed by atoms with Crippen molar-refractivity contribution in [3.05, 3.63) is 89.0 Å². The fourth-order valence-electron chi connectivity index (χ4n) is 4.16. The van der Waals surface area contributed by atoms with Crippen molar-refractivity contribution in [1.82, 2.24) is 14.5 Å². The molecule has 3 aromatic rings. The van der Waals surface area contributed by atoms with Gasteiger partial charge in [-0.15, -0.1) is 0 Å². The van der Waals surface area contributed by atoms with Gasteiger partial charge < -0.3 is 9.67 Å². The quantitative estimate of drug-likeness (QED) is 0.729. The van der Waals surface area contributed by atoms with Crippen LogP contribution in [0.25, 0.3) is 0 Å². The van der Waals surface area contributed by atoms with Gasteiger partial charge >= 0.3 is 0 Å². The van der Waals surface area contributed by atoms with Gasteiger partial charge in [0.2, 0.25) is 0 Å². The van der Waals surface area contributed by atoms with Crippen molar-refractivity contribution in [3.63, 3.8) is 0 Å². The van der Waals surface area contributed by atoms with Gasteiger partial charge in [-0.05, 0) is 43.1 Å². The number of aryl methyl sites for hydroxylation is 1. The maximum Gasteiger partial charge on any atom is 0.0991 e. The van der Waals surface area contributed by atoms with E-state index >= 15 is 0 Å². The van der Waals surface area contributed by atoms with Crippen molar-refractivity contribution in [2.24, 2.45) is 0 Å². The molecule has 4 rings (SSSR count). The molecule has 0 bridgehead atoms. The molecule has 0 amide bonds. The van der Waals surface area contributed by atoms with Gasteiger partial charge in [0, 0.05) is 31.7 Å². The molecule has 5 nitrogen and oxygen atoms in total. The number of β-amino-alcohol motifs (C(OH)–C–C–N with tert-alkyl or cyclic N) is 1. The highest BCUT2D eigenvalue weighted by atomic mass is 16.3. The first-order chi connectivity index (χ1) is 14.1. The van der Waals surface area contributed by atoms with Crippen LogP contribution >= 0.6 is 0 Å². The Morgan fingerprint density at radius 2 is 2.00 bits per heavy atom. The highest BCUT2D eigenvalue weighted by Crippen LogP contribution is 2.29. The highest BCUT2D eigenvalue weighted by molar-refractivity contribution is 5.32. The molecule has 1 aromatic heterocycles. The number of rotatable bonds is 5.